The summed E-state index contributed by atoms with van der Waals surface area (Å²) >= 11 is 0. The van der Waals surface area contributed by atoms with E-state index < -0.39 is 0 Å². The highest BCUT2D eigenvalue weighted by atomic mass is 16.1. The van der Waals surface area contributed by atoms with E-state index in [4.69, 9.17) is 11.5 Å². The molecule has 0 saturated heterocycles. The number of hydrogen-bond acceptors (Lipinski definition) is 3. The van der Waals surface area contributed by atoms with E-state index in [0.717, 1.165) is 32.1 Å². The van der Waals surface area contributed by atoms with Crippen LogP contribution in [-0.4, -0.2) is 23.5 Å². The molecule has 0 heterocycles. The van der Waals surface area contributed by atoms with E-state index in [1.807, 2.05) is 13.8 Å². The number of carbonyl (C=O) groups excluding carboxylic acids is 1. The minimum absolute atomic E-state index is 0.124. The van der Waals surface area contributed by atoms with Gasteiger partial charge in [-0.2, -0.15) is 0 Å². The van der Waals surface area contributed by atoms with Crippen LogP contribution in [0.1, 0.15) is 52.4 Å². The van der Waals surface area contributed by atoms with Gasteiger partial charge in [0.05, 0.1) is 0 Å². The van der Waals surface area contributed by atoms with Gasteiger partial charge in [-0.3, -0.25) is 4.79 Å². The van der Waals surface area contributed by atoms with Crippen LogP contribution in [0.3, 0.4) is 0 Å². The minimum atomic E-state index is -0.258. The maximum absolute atomic E-state index is 11.6. The molecule has 1 aliphatic carbocycles. The van der Waals surface area contributed by atoms with Crippen molar-refractivity contribution in [1.29, 1.82) is 0 Å². The van der Waals surface area contributed by atoms with Crippen LogP contribution in [0.4, 0.5) is 0 Å². The molecule has 0 radical (unpaired) electrons. The zero-order valence-corrected chi connectivity index (χ0v) is 10.5. The molecule has 1 saturated carbocycles. The molecule has 0 aromatic heterocycles. The van der Waals surface area contributed by atoms with Crippen LogP contribution in [0.25, 0.3) is 0 Å². The summed E-state index contributed by atoms with van der Waals surface area (Å²) in [5.74, 6) is 0.124. The third-order valence-electron chi connectivity index (χ3n) is 3.13. The first-order chi connectivity index (χ1) is 7.37. The average molecular weight is 227 g/mol. The van der Waals surface area contributed by atoms with E-state index in [0.29, 0.717) is 18.5 Å². The summed E-state index contributed by atoms with van der Waals surface area (Å²) in [5, 5.41) is 3.06. The number of carbonyl (C=O) groups is 1. The van der Waals surface area contributed by atoms with E-state index in [1.54, 1.807) is 0 Å². The van der Waals surface area contributed by atoms with E-state index in [2.05, 4.69) is 5.32 Å². The number of rotatable bonds is 4. The zero-order chi connectivity index (χ0) is 12.2. The quantitative estimate of drug-likeness (QED) is 0.667. The second kappa shape index (κ2) is 5.64. The molecule has 0 atom stereocenters. The molecule has 4 nitrogen and oxygen atoms in total. The zero-order valence-electron chi connectivity index (χ0n) is 10.5. The summed E-state index contributed by atoms with van der Waals surface area (Å²) in [7, 11) is 0. The molecule has 16 heavy (non-hydrogen) atoms. The highest BCUT2D eigenvalue weighted by Gasteiger charge is 2.20. The topological polar surface area (TPSA) is 81.1 Å². The number of amides is 1. The van der Waals surface area contributed by atoms with Crippen LogP contribution in [0.5, 0.6) is 0 Å². The SMILES string of the molecule is CC(C)(N)CCC(=O)NC1CCC(N)CC1. The summed E-state index contributed by atoms with van der Waals surface area (Å²) in [6, 6.07) is 0.657. The van der Waals surface area contributed by atoms with Crippen molar-refractivity contribution in [2.45, 2.75) is 70.0 Å². The van der Waals surface area contributed by atoms with Crippen LogP contribution in [0.15, 0.2) is 0 Å². The molecule has 0 spiro atoms. The van der Waals surface area contributed by atoms with Crippen molar-refractivity contribution in [3.63, 3.8) is 0 Å². The van der Waals surface area contributed by atoms with Crippen molar-refractivity contribution < 1.29 is 4.79 Å². The van der Waals surface area contributed by atoms with Gasteiger partial charge in [0.15, 0.2) is 0 Å². The predicted octanol–water partition coefficient (Wildman–Crippen LogP) is 0.890. The maximum Gasteiger partial charge on any atom is 0.220 e. The molecule has 0 aromatic rings. The Bertz CT molecular complexity index is 227. The van der Waals surface area contributed by atoms with E-state index >= 15 is 0 Å². The number of hydrogen-bond donors (Lipinski definition) is 3. The molecule has 0 unspecified atom stereocenters. The Morgan fingerprint density at radius 2 is 1.88 bits per heavy atom. The van der Waals surface area contributed by atoms with Crippen LogP contribution in [0.2, 0.25) is 0 Å². The second-order valence-electron chi connectivity index (χ2n) is 5.67. The van der Waals surface area contributed by atoms with Crippen molar-refractivity contribution >= 4 is 5.91 Å². The summed E-state index contributed by atoms with van der Waals surface area (Å²) in [5.41, 5.74) is 11.4. The molecule has 1 amide bonds. The van der Waals surface area contributed by atoms with Crippen molar-refractivity contribution in [3.05, 3.63) is 0 Å². The largest absolute Gasteiger partial charge is 0.353 e. The van der Waals surface area contributed by atoms with Crippen LogP contribution >= 0.6 is 0 Å². The van der Waals surface area contributed by atoms with Gasteiger partial charge >= 0.3 is 0 Å². The predicted molar refractivity (Wildman–Crippen MR) is 65.9 cm³/mol. The molecule has 0 bridgehead atoms. The lowest BCUT2D eigenvalue weighted by atomic mass is 9.91. The van der Waals surface area contributed by atoms with Gasteiger partial charge in [-0.15, -0.1) is 0 Å². The Morgan fingerprint density at radius 3 is 2.38 bits per heavy atom. The van der Waals surface area contributed by atoms with Crippen LogP contribution < -0.4 is 16.8 Å². The minimum Gasteiger partial charge on any atom is -0.353 e. The first-order valence-corrected chi connectivity index (χ1v) is 6.20. The standard InChI is InChI=1S/C12H25N3O/c1-12(2,14)8-7-11(16)15-10-5-3-9(13)4-6-10/h9-10H,3-8,13-14H2,1-2H3,(H,15,16). The molecule has 0 aliphatic heterocycles. The molecule has 5 N–H and O–H groups in total. The fraction of sp³-hybridized carbons (Fsp3) is 0.917. The van der Waals surface area contributed by atoms with Gasteiger partial charge in [0.2, 0.25) is 5.91 Å². The summed E-state index contributed by atoms with van der Waals surface area (Å²) < 4.78 is 0. The molecule has 1 rings (SSSR count). The highest BCUT2D eigenvalue weighted by molar-refractivity contribution is 5.76. The van der Waals surface area contributed by atoms with Crippen molar-refractivity contribution in [3.8, 4) is 0 Å². The van der Waals surface area contributed by atoms with E-state index in [1.165, 1.54) is 0 Å². The van der Waals surface area contributed by atoms with Crippen molar-refractivity contribution in [2.75, 3.05) is 0 Å². The second-order valence-corrected chi connectivity index (χ2v) is 5.67. The molecule has 1 aliphatic rings. The normalized spacial score (nSPS) is 26.5. The third-order valence-corrected chi connectivity index (χ3v) is 3.13. The van der Waals surface area contributed by atoms with Gasteiger partial charge in [-0.25, -0.2) is 0 Å². The molecule has 0 aromatic carbocycles. The van der Waals surface area contributed by atoms with Crippen LogP contribution in [-0.2, 0) is 4.79 Å². The van der Waals surface area contributed by atoms with Gasteiger partial charge in [-0.1, -0.05) is 0 Å². The average Bonchev–Trinajstić information content (AvgIpc) is 2.18. The summed E-state index contributed by atoms with van der Waals surface area (Å²) in [4.78, 5) is 11.6. The Kier molecular flexibility index (Phi) is 4.74. The van der Waals surface area contributed by atoms with Gasteiger partial charge in [0.25, 0.3) is 0 Å². The lowest BCUT2D eigenvalue weighted by molar-refractivity contribution is -0.122. The van der Waals surface area contributed by atoms with E-state index in [9.17, 15) is 4.79 Å². The maximum atomic E-state index is 11.6. The first kappa shape index (κ1) is 13.5. The summed E-state index contributed by atoms with van der Waals surface area (Å²) in [6.45, 7) is 3.89. The lowest BCUT2D eigenvalue weighted by Crippen LogP contribution is -2.41. The van der Waals surface area contributed by atoms with E-state index in [-0.39, 0.29) is 11.4 Å². The molecule has 1 fully saturated rings. The Hall–Kier alpha value is -0.610. The monoisotopic (exact) mass is 227 g/mol. The van der Waals surface area contributed by atoms with Crippen LogP contribution in [0, 0.1) is 0 Å². The number of nitrogens with two attached hydrogens (primary N) is 2. The third kappa shape index (κ3) is 5.47. The smallest absolute Gasteiger partial charge is 0.220 e. The molecular weight excluding hydrogens is 202 g/mol. The fourth-order valence-corrected chi connectivity index (χ4v) is 2.00. The number of nitrogens with one attached hydrogen (secondary N) is 1. The van der Waals surface area contributed by atoms with Crippen molar-refractivity contribution in [2.24, 2.45) is 11.5 Å². The lowest BCUT2D eigenvalue weighted by Gasteiger charge is -2.27. The van der Waals surface area contributed by atoms with Gasteiger partial charge in [0, 0.05) is 24.0 Å². The fourth-order valence-electron chi connectivity index (χ4n) is 2.00. The highest BCUT2D eigenvalue weighted by Crippen LogP contribution is 2.17. The molecule has 94 valence electrons. The van der Waals surface area contributed by atoms with Gasteiger partial charge in [0.1, 0.15) is 0 Å². The molecular formula is C12H25N3O. The van der Waals surface area contributed by atoms with Gasteiger partial charge < -0.3 is 16.8 Å². The van der Waals surface area contributed by atoms with Gasteiger partial charge in [-0.05, 0) is 46.0 Å². The Morgan fingerprint density at radius 1 is 1.31 bits per heavy atom. The Labute approximate surface area is 98.1 Å². The molecule has 4 heteroatoms. The first-order valence-electron chi connectivity index (χ1n) is 6.20. The Balaban J connectivity index is 2.19. The summed E-state index contributed by atoms with van der Waals surface area (Å²) in [6.07, 6.45) is 5.32. The van der Waals surface area contributed by atoms with Crippen molar-refractivity contribution in [1.82, 2.24) is 5.32 Å².